The van der Waals surface area contributed by atoms with E-state index in [0.717, 1.165) is 6.07 Å². The Labute approximate surface area is 215 Å². The summed E-state index contributed by atoms with van der Waals surface area (Å²) in [4.78, 5) is 3.38. The summed E-state index contributed by atoms with van der Waals surface area (Å²) in [7, 11) is 0. The van der Waals surface area contributed by atoms with Crippen LogP contribution < -0.4 is 10.4 Å². The summed E-state index contributed by atoms with van der Waals surface area (Å²) in [5.41, 5.74) is -0.858. The molecule has 37 heavy (non-hydrogen) atoms. The van der Waals surface area contributed by atoms with Gasteiger partial charge in [0.25, 0.3) is 5.70 Å². The topological polar surface area (TPSA) is 51.9 Å². The number of hydrogen-bond donors (Lipinski definition) is 0. The van der Waals surface area contributed by atoms with Crippen LogP contribution in [0.25, 0.3) is 36.3 Å². The summed E-state index contributed by atoms with van der Waals surface area (Å²) in [6, 6.07) is 10.5. The predicted molar refractivity (Wildman–Crippen MR) is 136 cm³/mol. The van der Waals surface area contributed by atoms with Crippen LogP contribution in [0.1, 0.15) is 22.3 Å². The molecule has 3 nitrogen and oxygen atoms in total. The Hall–Kier alpha value is -4.49. The fraction of sp³-hybridized carbons (Fsp3) is 0.0357. The number of rotatable bonds is 2. The molecule has 0 spiro atoms. The molecule has 0 amide bonds. The van der Waals surface area contributed by atoms with Gasteiger partial charge in [-0.1, -0.05) is 0 Å². The third kappa shape index (κ3) is 3.75. The van der Waals surface area contributed by atoms with Crippen LogP contribution in [0.15, 0.2) is 47.2 Å². The largest absolute Gasteiger partial charge is 0.271 e. The third-order valence-corrected chi connectivity index (χ3v) is 7.86. The highest BCUT2D eigenvalue weighted by Crippen LogP contribution is 2.32. The third-order valence-electron chi connectivity index (χ3n) is 5.99. The first-order chi connectivity index (χ1) is 17.8. The molecule has 0 bridgehead atoms. The van der Waals surface area contributed by atoms with Crippen molar-refractivity contribution in [3.8, 4) is 12.1 Å². The summed E-state index contributed by atoms with van der Waals surface area (Å²) in [5, 5.41) is 24.3. The maximum absolute atomic E-state index is 15.4. The minimum Gasteiger partial charge on any atom is -0.226 e. The lowest BCUT2D eigenvalue weighted by molar-refractivity contribution is 0.573. The Balaban J connectivity index is 2.18. The van der Waals surface area contributed by atoms with Crippen LogP contribution in [0.3, 0.4) is 0 Å². The number of nitriles is 2. The van der Waals surface area contributed by atoms with Gasteiger partial charge in [0, 0.05) is 54.1 Å². The van der Waals surface area contributed by atoms with Gasteiger partial charge in [-0.05, 0) is 52.9 Å². The number of benzene rings is 3. The zero-order valence-corrected chi connectivity index (χ0v) is 20.4. The molecule has 0 aliphatic rings. The van der Waals surface area contributed by atoms with Gasteiger partial charge in [0.05, 0.1) is 18.2 Å². The van der Waals surface area contributed by atoms with Crippen LogP contribution in [0.5, 0.6) is 0 Å². The number of hydrogen-bond acceptors (Lipinski definition) is 4. The quantitative estimate of drug-likeness (QED) is 0.190. The molecular weight excluding hydrogens is 518 g/mol. The second-order valence-corrected chi connectivity index (χ2v) is 9.86. The average molecular weight is 530 g/mol. The Bertz CT molecular complexity index is 1960. The number of halogens is 4. The summed E-state index contributed by atoms with van der Waals surface area (Å²) in [6.45, 7) is 8.93. The van der Waals surface area contributed by atoms with Gasteiger partial charge in [0.1, 0.15) is 29.3 Å². The normalized spacial score (nSPS) is 12.7. The first-order valence-electron chi connectivity index (χ1n) is 10.6. The minimum atomic E-state index is -1.07. The summed E-state index contributed by atoms with van der Waals surface area (Å²) >= 11 is 2.49. The Morgan fingerprint density at radius 1 is 0.811 bits per heavy atom. The van der Waals surface area contributed by atoms with E-state index in [1.54, 1.807) is 29.0 Å². The summed E-state index contributed by atoms with van der Waals surface area (Å²) < 4.78 is 60.4. The van der Waals surface area contributed by atoms with Gasteiger partial charge in [-0.3, -0.25) is 0 Å². The van der Waals surface area contributed by atoms with Crippen molar-refractivity contribution in [1.82, 2.24) is 0 Å². The molecule has 0 atom stereocenters. The predicted octanol–water partition coefficient (Wildman–Crippen LogP) is 6.65. The van der Waals surface area contributed by atoms with E-state index in [0.29, 0.717) is 42.7 Å². The van der Waals surface area contributed by atoms with Gasteiger partial charge < -0.3 is 0 Å². The van der Waals surface area contributed by atoms with Crippen LogP contribution in [0.2, 0.25) is 0 Å². The van der Waals surface area contributed by atoms with Crippen molar-refractivity contribution in [1.29, 1.82) is 10.5 Å². The fourth-order valence-electron chi connectivity index (χ4n) is 4.35. The molecule has 2 heterocycles. The van der Waals surface area contributed by atoms with Crippen LogP contribution in [0, 0.1) is 59.4 Å². The highest BCUT2D eigenvalue weighted by molar-refractivity contribution is 7.18. The standard InChI is InChI=1S/C28H11F4N3S2/c1-13-7-17(21(31)9-19(13)29)24(18-8-14(11-33)20(30)10-22(18)32)26-16-4-6-36-27(16)25(23(12-34)35-2)15-3-5-37-28(15)26/h3-10H,1H3/b25-23-,26-24+. The zero-order valence-electron chi connectivity index (χ0n) is 18.8. The lowest BCUT2D eigenvalue weighted by Gasteiger charge is -2.15. The molecular formula is C28H11F4N3S2. The van der Waals surface area contributed by atoms with Gasteiger partial charge >= 0.3 is 0 Å². The highest BCUT2D eigenvalue weighted by Gasteiger charge is 2.23. The second kappa shape index (κ2) is 9.19. The molecule has 0 saturated heterocycles. The van der Waals surface area contributed by atoms with E-state index in [9.17, 15) is 19.3 Å². The van der Waals surface area contributed by atoms with Crippen molar-refractivity contribution in [3.63, 3.8) is 0 Å². The second-order valence-electron chi connectivity index (χ2n) is 8.03. The van der Waals surface area contributed by atoms with E-state index in [2.05, 4.69) is 4.85 Å². The number of thiophene rings is 2. The molecule has 0 aliphatic heterocycles. The van der Waals surface area contributed by atoms with E-state index >= 15 is 8.78 Å². The van der Waals surface area contributed by atoms with Crippen LogP contribution in [-0.4, -0.2) is 0 Å². The molecule has 9 heteroatoms. The van der Waals surface area contributed by atoms with E-state index in [-0.39, 0.29) is 28.0 Å². The first-order valence-corrected chi connectivity index (χ1v) is 12.3. The molecule has 5 aromatic rings. The summed E-state index contributed by atoms with van der Waals surface area (Å²) in [5.74, 6) is -3.86. The molecule has 0 radical (unpaired) electrons. The minimum absolute atomic E-state index is 0.00156. The van der Waals surface area contributed by atoms with E-state index in [1.165, 1.54) is 35.7 Å². The molecule has 3 aromatic carbocycles. The van der Waals surface area contributed by atoms with Crippen molar-refractivity contribution in [2.45, 2.75) is 6.92 Å². The van der Waals surface area contributed by atoms with Crippen molar-refractivity contribution < 1.29 is 17.6 Å². The first kappa shape index (κ1) is 24.2. The maximum Gasteiger partial charge on any atom is 0.271 e. The monoisotopic (exact) mass is 529 g/mol. The fourth-order valence-corrected chi connectivity index (χ4v) is 6.28. The molecule has 0 aliphatic carbocycles. The molecule has 0 unspecified atom stereocenters. The smallest absolute Gasteiger partial charge is 0.226 e. The molecule has 0 saturated carbocycles. The number of aryl methyl sites for hydroxylation is 1. The lowest BCUT2D eigenvalue weighted by Crippen LogP contribution is -2.18. The van der Waals surface area contributed by atoms with Gasteiger partial charge in [-0.15, -0.1) is 22.7 Å². The zero-order chi connectivity index (χ0) is 26.4. The highest BCUT2D eigenvalue weighted by atomic mass is 32.1. The van der Waals surface area contributed by atoms with Crippen molar-refractivity contribution in [2.75, 3.05) is 0 Å². The van der Waals surface area contributed by atoms with Gasteiger partial charge in [-0.2, -0.15) is 5.26 Å². The van der Waals surface area contributed by atoms with E-state index in [4.69, 9.17) is 6.57 Å². The van der Waals surface area contributed by atoms with Gasteiger partial charge in [-0.25, -0.2) is 27.7 Å². The molecule has 0 fully saturated rings. The molecule has 178 valence electrons. The molecule has 0 N–H and O–H groups in total. The van der Waals surface area contributed by atoms with Crippen LogP contribution in [-0.2, 0) is 0 Å². The van der Waals surface area contributed by atoms with Crippen LogP contribution in [0.4, 0.5) is 17.6 Å². The number of fused-ring (bicyclic) bond motifs is 2. The molecule has 5 rings (SSSR count). The Morgan fingerprint density at radius 3 is 1.97 bits per heavy atom. The van der Waals surface area contributed by atoms with Gasteiger partial charge in [0.15, 0.2) is 0 Å². The van der Waals surface area contributed by atoms with Gasteiger partial charge in [0.2, 0.25) is 0 Å². The average Bonchev–Trinajstić information content (AvgIpc) is 3.55. The van der Waals surface area contributed by atoms with E-state index < -0.39 is 28.8 Å². The Kier molecular flexibility index (Phi) is 6.01. The maximum atomic E-state index is 15.4. The summed E-state index contributed by atoms with van der Waals surface area (Å²) in [6.07, 6.45) is 0. The van der Waals surface area contributed by atoms with Crippen molar-refractivity contribution >= 4 is 54.1 Å². The van der Waals surface area contributed by atoms with Crippen molar-refractivity contribution in [2.24, 2.45) is 0 Å². The lowest BCUT2D eigenvalue weighted by atomic mass is 9.90. The van der Waals surface area contributed by atoms with Crippen molar-refractivity contribution in [3.05, 3.63) is 115 Å². The molecule has 2 aromatic heterocycles. The SMILES string of the molecule is [C-]#[N+]/C(C#N)=c1/c2ccsc2/c(=C(\c2cc(C)c(F)cc2F)c2cc(C#N)c(F)cc2F)c2ccsc12. The van der Waals surface area contributed by atoms with E-state index in [1.807, 2.05) is 6.07 Å². The Morgan fingerprint density at radius 2 is 1.38 bits per heavy atom. The van der Waals surface area contributed by atoms with Crippen LogP contribution >= 0.6 is 22.7 Å². The number of nitrogens with zero attached hydrogens (tertiary/aromatic N) is 3.